The molecular weight excluding hydrogens is 278 g/mol. The molecule has 0 aromatic heterocycles. The highest BCUT2D eigenvalue weighted by Crippen LogP contribution is 2.11. The standard InChI is InChI=1S/C11H22ClNO4S/c1-9(6-8-18(12,15)16)5-7-13-10(14)17-11(2,3)4/h9H,5-8H2,1-4H3,(H,13,14). The van der Waals surface area contributed by atoms with Crippen molar-refractivity contribution in [2.45, 2.75) is 46.1 Å². The number of alkyl carbamates (subject to hydrolysis) is 1. The molecular formula is C11H22ClNO4S. The van der Waals surface area contributed by atoms with E-state index in [-0.39, 0.29) is 11.7 Å². The number of amides is 1. The minimum absolute atomic E-state index is 0.0395. The van der Waals surface area contributed by atoms with E-state index in [0.717, 1.165) is 0 Å². The van der Waals surface area contributed by atoms with Gasteiger partial charge in [-0.2, -0.15) is 0 Å². The van der Waals surface area contributed by atoms with Crippen molar-refractivity contribution in [3.63, 3.8) is 0 Å². The van der Waals surface area contributed by atoms with E-state index in [9.17, 15) is 13.2 Å². The Labute approximate surface area is 114 Å². The lowest BCUT2D eigenvalue weighted by molar-refractivity contribution is 0.0525. The van der Waals surface area contributed by atoms with E-state index in [1.165, 1.54) is 0 Å². The molecule has 1 amide bonds. The molecule has 5 nitrogen and oxygen atoms in total. The summed E-state index contributed by atoms with van der Waals surface area (Å²) in [7, 11) is 1.69. The van der Waals surface area contributed by atoms with Crippen LogP contribution in [0.1, 0.15) is 40.5 Å². The maximum Gasteiger partial charge on any atom is 0.407 e. The second kappa shape index (κ2) is 7.19. The highest BCUT2D eigenvalue weighted by molar-refractivity contribution is 8.13. The molecule has 0 aromatic carbocycles. The lowest BCUT2D eigenvalue weighted by atomic mass is 10.1. The maximum absolute atomic E-state index is 11.3. The number of halogens is 1. The van der Waals surface area contributed by atoms with Gasteiger partial charge < -0.3 is 10.1 Å². The number of carbonyl (C=O) groups is 1. The second-order valence-electron chi connectivity index (χ2n) is 5.35. The third-order valence-electron chi connectivity index (χ3n) is 2.16. The Morgan fingerprint density at radius 3 is 2.33 bits per heavy atom. The molecule has 0 aliphatic heterocycles. The Morgan fingerprint density at radius 2 is 1.89 bits per heavy atom. The first-order chi connectivity index (χ1) is 7.99. The van der Waals surface area contributed by atoms with Gasteiger partial charge in [-0.05, 0) is 39.5 Å². The Bertz CT molecular complexity index is 362. The molecule has 0 saturated heterocycles. The lowest BCUT2D eigenvalue weighted by Gasteiger charge is -2.20. The van der Waals surface area contributed by atoms with Crippen LogP contribution in [0.2, 0.25) is 0 Å². The first kappa shape index (κ1) is 17.5. The molecule has 18 heavy (non-hydrogen) atoms. The van der Waals surface area contributed by atoms with Crippen LogP contribution in [0, 0.1) is 5.92 Å². The van der Waals surface area contributed by atoms with Crippen LogP contribution in [0.4, 0.5) is 4.79 Å². The molecule has 0 aromatic rings. The average Bonchev–Trinajstić information content (AvgIpc) is 2.10. The highest BCUT2D eigenvalue weighted by Gasteiger charge is 2.16. The van der Waals surface area contributed by atoms with E-state index in [1.54, 1.807) is 20.8 Å². The monoisotopic (exact) mass is 299 g/mol. The van der Waals surface area contributed by atoms with E-state index < -0.39 is 20.7 Å². The Balaban J connectivity index is 3.75. The molecule has 7 heteroatoms. The summed E-state index contributed by atoms with van der Waals surface area (Å²) in [5.74, 6) is 0.135. The second-order valence-corrected chi connectivity index (χ2v) is 8.25. The quantitative estimate of drug-likeness (QED) is 0.765. The zero-order valence-electron chi connectivity index (χ0n) is 11.3. The summed E-state index contributed by atoms with van der Waals surface area (Å²) in [6.07, 6.45) is 0.715. The first-order valence-corrected chi connectivity index (χ1v) is 8.36. The van der Waals surface area contributed by atoms with Gasteiger partial charge >= 0.3 is 6.09 Å². The smallest absolute Gasteiger partial charge is 0.407 e. The van der Waals surface area contributed by atoms with Crippen molar-refractivity contribution in [1.82, 2.24) is 5.32 Å². The largest absolute Gasteiger partial charge is 0.444 e. The molecule has 0 heterocycles. The summed E-state index contributed by atoms with van der Waals surface area (Å²) in [5, 5.41) is 2.62. The van der Waals surface area contributed by atoms with Crippen molar-refractivity contribution in [1.29, 1.82) is 0 Å². The summed E-state index contributed by atoms with van der Waals surface area (Å²) in [6.45, 7) is 7.75. The van der Waals surface area contributed by atoms with Gasteiger partial charge in [0.25, 0.3) is 0 Å². The molecule has 108 valence electrons. The minimum Gasteiger partial charge on any atom is -0.444 e. The van der Waals surface area contributed by atoms with E-state index in [1.807, 2.05) is 6.92 Å². The predicted molar refractivity (Wildman–Crippen MR) is 72.3 cm³/mol. The number of ether oxygens (including phenoxy) is 1. The highest BCUT2D eigenvalue weighted by atomic mass is 35.7. The van der Waals surface area contributed by atoms with Crippen molar-refractivity contribution in [3.8, 4) is 0 Å². The molecule has 0 rings (SSSR count). The fraction of sp³-hybridized carbons (Fsp3) is 0.909. The molecule has 1 N–H and O–H groups in total. The van der Waals surface area contributed by atoms with Crippen molar-refractivity contribution in [3.05, 3.63) is 0 Å². The Morgan fingerprint density at radius 1 is 1.33 bits per heavy atom. The van der Waals surface area contributed by atoms with Crippen LogP contribution in [0.5, 0.6) is 0 Å². The zero-order chi connectivity index (χ0) is 14.4. The van der Waals surface area contributed by atoms with Gasteiger partial charge in [-0.15, -0.1) is 0 Å². The summed E-state index contributed by atoms with van der Waals surface area (Å²) in [6, 6.07) is 0. The van der Waals surface area contributed by atoms with Crippen LogP contribution in [0.25, 0.3) is 0 Å². The third kappa shape index (κ3) is 12.0. The SMILES string of the molecule is CC(CCNC(=O)OC(C)(C)C)CCS(=O)(=O)Cl. The van der Waals surface area contributed by atoms with Crippen molar-refractivity contribution >= 4 is 25.8 Å². The molecule has 0 fully saturated rings. The van der Waals surface area contributed by atoms with Gasteiger partial charge in [0.15, 0.2) is 0 Å². The van der Waals surface area contributed by atoms with Crippen LogP contribution in [0.15, 0.2) is 0 Å². The fourth-order valence-corrected chi connectivity index (χ4v) is 2.17. The van der Waals surface area contributed by atoms with Gasteiger partial charge in [0.2, 0.25) is 9.05 Å². The van der Waals surface area contributed by atoms with Crippen molar-refractivity contribution in [2.24, 2.45) is 5.92 Å². The van der Waals surface area contributed by atoms with Crippen LogP contribution in [-0.2, 0) is 13.8 Å². The Kier molecular flexibility index (Phi) is 6.99. The van der Waals surface area contributed by atoms with Gasteiger partial charge in [0.05, 0.1) is 5.75 Å². The van der Waals surface area contributed by atoms with Crippen LogP contribution in [0.3, 0.4) is 0 Å². The van der Waals surface area contributed by atoms with Crippen LogP contribution < -0.4 is 5.32 Å². The molecule has 0 spiro atoms. The molecule has 0 aliphatic rings. The summed E-state index contributed by atoms with van der Waals surface area (Å²) in [4.78, 5) is 11.3. The number of carbonyl (C=O) groups excluding carboxylic acids is 1. The number of nitrogens with one attached hydrogen (secondary N) is 1. The molecule has 0 saturated carbocycles. The van der Waals surface area contributed by atoms with E-state index in [4.69, 9.17) is 15.4 Å². The first-order valence-electron chi connectivity index (χ1n) is 5.89. The molecule has 0 radical (unpaired) electrons. The topological polar surface area (TPSA) is 72.5 Å². The van der Waals surface area contributed by atoms with Gasteiger partial charge in [0.1, 0.15) is 5.60 Å². The number of rotatable bonds is 6. The molecule has 0 aliphatic carbocycles. The summed E-state index contributed by atoms with van der Waals surface area (Å²) < 4.78 is 26.6. The molecule has 0 bridgehead atoms. The van der Waals surface area contributed by atoms with Gasteiger partial charge in [-0.25, -0.2) is 13.2 Å². The van der Waals surface area contributed by atoms with Gasteiger partial charge in [-0.1, -0.05) is 6.92 Å². The van der Waals surface area contributed by atoms with E-state index in [0.29, 0.717) is 19.4 Å². The fourth-order valence-electron chi connectivity index (χ4n) is 1.22. The zero-order valence-corrected chi connectivity index (χ0v) is 12.9. The molecule has 1 unspecified atom stereocenters. The van der Waals surface area contributed by atoms with Crippen molar-refractivity contribution < 1.29 is 17.9 Å². The third-order valence-corrected chi connectivity index (χ3v) is 3.35. The minimum atomic E-state index is -3.42. The van der Waals surface area contributed by atoms with Crippen molar-refractivity contribution in [2.75, 3.05) is 12.3 Å². The van der Waals surface area contributed by atoms with Gasteiger partial charge in [0, 0.05) is 17.2 Å². The van der Waals surface area contributed by atoms with E-state index >= 15 is 0 Å². The maximum atomic E-state index is 11.3. The van der Waals surface area contributed by atoms with Crippen LogP contribution in [-0.4, -0.2) is 32.4 Å². The van der Waals surface area contributed by atoms with E-state index in [2.05, 4.69) is 5.32 Å². The summed E-state index contributed by atoms with van der Waals surface area (Å²) >= 11 is 0. The van der Waals surface area contributed by atoms with Crippen LogP contribution >= 0.6 is 10.7 Å². The summed E-state index contributed by atoms with van der Waals surface area (Å²) in [5.41, 5.74) is -0.512. The Hall–Kier alpha value is -0.490. The number of hydrogen-bond acceptors (Lipinski definition) is 4. The molecule has 1 atom stereocenters. The average molecular weight is 300 g/mol. The normalized spacial score (nSPS) is 14.1. The van der Waals surface area contributed by atoms with Gasteiger partial charge in [-0.3, -0.25) is 0 Å². The number of hydrogen-bond donors (Lipinski definition) is 1. The predicted octanol–water partition coefficient (Wildman–Crippen LogP) is 2.50. The lowest BCUT2D eigenvalue weighted by Crippen LogP contribution is -2.33.